The van der Waals surface area contributed by atoms with E-state index in [1.165, 1.54) is 0 Å². The molecule has 74 valence electrons. The molecule has 0 unspecified atom stereocenters. The number of halogens is 4. The van der Waals surface area contributed by atoms with Crippen molar-refractivity contribution in [3.05, 3.63) is 0 Å². The Labute approximate surface area is 79.5 Å². The number of rotatable bonds is 0. The summed E-state index contributed by atoms with van der Waals surface area (Å²) < 4.78 is 36.6. The summed E-state index contributed by atoms with van der Waals surface area (Å²) in [4.78, 5) is 0. The van der Waals surface area contributed by atoms with Crippen LogP contribution in [0.5, 0.6) is 0 Å². The van der Waals surface area contributed by atoms with Gasteiger partial charge in [-0.15, -0.1) is 11.6 Å². The molecule has 0 bridgehead atoms. The molecule has 0 radical (unpaired) electrons. The molecule has 0 spiro atoms. The molecule has 0 amide bonds. The molecule has 0 saturated heterocycles. The van der Waals surface area contributed by atoms with Crippen molar-refractivity contribution >= 4 is 11.6 Å². The van der Waals surface area contributed by atoms with Gasteiger partial charge in [0.15, 0.2) is 0 Å². The van der Waals surface area contributed by atoms with Gasteiger partial charge in [0.1, 0.15) is 0 Å². The monoisotopic (exact) mass is 211 g/mol. The molecule has 1 fully saturated rings. The second kappa shape index (κ2) is 3.75. The topological polar surface area (TPSA) is 23.8 Å². The summed E-state index contributed by atoms with van der Waals surface area (Å²) in [7, 11) is 0. The van der Waals surface area contributed by atoms with Gasteiger partial charge in [-0.3, -0.25) is 0 Å². The molecule has 1 aliphatic carbocycles. The minimum atomic E-state index is -4.16. The van der Waals surface area contributed by atoms with E-state index in [1.54, 1.807) is 0 Å². The van der Waals surface area contributed by atoms with Crippen LogP contribution >= 0.6 is 11.6 Å². The zero-order valence-corrected chi connectivity index (χ0v) is 7.57. The molecular formula is C8H9ClF3N. The van der Waals surface area contributed by atoms with Crippen molar-refractivity contribution in [1.29, 1.82) is 5.26 Å². The Morgan fingerprint density at radius 1 is 1.31 bits per heavy atom. The van der Waals surface area contributed by atoms with Crippen LogP contribution in [-0.4, -0.2) is 11.6 Å². The summed E-state index contributed by atoms with van der Waals surface area (Å²) >= 11 is 5.66. The summed E-state index contributed by atoms with van der Waals surface area (Å²) in [6.45, 7) is 0. The van der Waals surface area contributed by atoms with E-state index in [4.69, 9.17) is 16.9 Å². The molecule has 0 aliphatic heterocycles. The van der Waals surface area contributed by atoms with Crippen LogP contribution in [0.15, 0.2) is 0 Å². The van der Waals surface area contributed by atoms with Gasteiger partial charge in [0.25, 0.3) is 0 Å². The lowest BCUT2D eigenvalue weighted by Crippen LogP contribution is -2.33. The summed E-state index contributed by atoms with van der Waals surface area (Å²) in [5.41, 5.74) is 0. The minimum Gasteiger partial charge on any atom is -0.198 e. The fourth-order valence-electron chi connectivity index (χ4n) is 1.56. The smallest absolute Gasteiger partial charge is 0.198 e. The standard InChI is InChI=1S/C8H9ClF3N/c9-7-3-6(8(10,11)12)2-1-5(7)4-13/h5-7H,1-3H2/t5-,6-,7-/m0/s1. The lowest BCUT2D eigenvalue weighted by Gasteiger charge is -2.30. The lowest BCUT2D eigenvalue weighted by molar-refractivity contribution is -0.182. The maximum absolute atomic E-state index is 12.2. The summed E-state index contributed by atoms with van der Waals surface area (Å²) in [6, 6.07) is 1.93. The van der Waals surface area contributed by atoms with E-state index < -0.39 is 23.4 Å². The van der Waals surface area contributed by atoms with Crippen molar-refractivity contribution in [1.82, 2.24) is 0 Å². The number of hydrogen-bond donors (Lipinski definition) is 0. The van der Waals surface area contributed by atoms with Crippen molar-refractivity contribution in [2.24, 2.45) is 11.8 Å². The van der Waals surface area contributed by atoms with E-state index in [-0.39, 0.29) is 19.3 Å². The zero-order chi connectivity index (χ0) is 10.1. The summed E-state index contributed by atoms with van der Waals surface area (Å²) in [6.07, 6.45) is -3.99. The molecule has 0 aromatic heterocycles. The highest BCUT2D eigenvalue weighted by atomic mass is 35.5. The maximum atomic E-state index is 12.2. The van der Waals surface area contributed by atoms with E-state index in [0.29, 0.717) is 0 Å². The van der Waals surface area contributed by atoms with Crippen LogP contribution in [0.1, 0.15) is 19.3 Å². The van der Waals surface area contributed by atoms with Crippen LogP contribution in [-0.2, 0) is 0 Å². The molecule has 0 aromatic carbocycles. The fraction of sp³-hybridized carbons (Fsp3) is 0.875. The summed E-state index contributed by atoms with van der Waals surface area (Å²) in [5.74, 6) is -1.74. The quantitative estimate of drug-likeness (QED) is 0.565. The average molecular weight is 212 g/mol. The Morgan fingerprint density at radius 2 is 1.92 bits per heavy atom. The lowest BCUT2D eigenvalue weighted by atomic mass is 9.82. The molecule has 13 heavy (non-hydrogen) atoms. The predicted molar refractivity (Wildman–Crippen MR) is 42.1 cm³/mol. The molecule has 1 aliphatic rings. The molecule has 5 heteroatoms. The maximum Gasteiger partial charge on any atom is 0.391 e. The van der Waals surface area contributed by atoms with Crippen molar-refractivity contribution < 1.29 is 13.2 Å². The van der Waals surface area contributed by atoms with Crippen LogP contribution in [0.2, 0.25) is 0 Å². The fourth-order valence-corrected chi connectivity index (χ4v) is 1.96. The molecule has 1 nitrogen and oxygen atoms in total. The van der Waals surface area contributed by atoms with Crippen LogP contribution in [0.3, 0.4) is 0 Å². The first kappa shape index (κ1) is 10.6. The molecule has 3 atom stereocenters. The van der Waals surface area contributed by atoms with Gasteiger partial charge in [-0.05, 0) is 19.3 Å². The second-order valence-corrected chi connectivity index (χ2v) is 3.86. The van der Waals surface area contributed by atoms with Gasteiger partial charge in [-0.2, -0.15) is 18.4 Å². The molecule has 1 saturated carbocycles. The first-order valence-corrected chi connectivity index (χ1v) is 4.49. The molecule has 0 heterocycles. The van der Waals surface area contributed by atoms with E-state index in [1.807, 2.05) is 6.07 Å². The Hall–Kier alpha value is -0.430. The van der Waals surface area contributed by atoms with Crippen molar-refractivity contribution in [2.45, 2.75) is 30.8 Å². The average Bonchev–Trinajstić information content (AvgIpc) is 2.02. The normalized spacial score (nSPS) is 35.5. The molecule has 1 rings (SSSR count). The van der Waals surface area contributed by atoms with Crippen LogP contribution in [0.4, 0.5) is 13.2 Å². The molecule has 0 N–H and O–H groups in total. The predicted octanol–water partition coefficient (Wildman–Crippen LogP) is 3.10. The minimum absolute atomic E-state index is 0.0327. The molecular weight excluding hydrogens is 203 g/mol. The zero-order valence-electron chi connectivity index (χ0n) is 6.81. The Kier molecular flexibility index (Phi) is 3.07. The van der Waals surface area contributed by atoms with Crippen LogP contribution in [0, 0.1) is 23.2 Å². The molecule has 0 aromatic rings. The van der Waals surface area contributed by atoms with Crippen LogP contribution in [0.25, 0.3) is 0 Å². The van der Waals surface area contributed by atoms with Gasteiger partial charge in [0, 0.05) is 5.38 Å². The van der Waals surface area contributed by atoms with E-state index >= 15 is 0 Å². The van der Waals surface area contributed by atoms with E-state index in [2.05, 4.69) is 0 Å². The van der Waals surface area contributed by atoms with Crippen molar-refractivity contribution in [3.63, 3.8) is 0 Å². The van der Waals surface area contributed by atoms with E-state index in [9.17, 15) is 13.2 Å². The Bertz CT molecular complexity index is 220. The van der Waals surface area contributed by atoms with Crippen LogP contribution < -0.4 is 0 Å². The van der Waals surface area contributed by atoms with Gasteiger partial charge in [-0.25, -0.2) is 0 Å². The Balaban J connectivity index is 2.57. The van der Waals surface area contributed by atoms with Gasteiger partial charge in [0.2, 0.25) is 0 Å². The third kappa shape index (κ3) is 2.50. The van der Waals surface area contributed by atoms with Gasteiger partial charge >= 0.3 is 6.18 Å². The number of nitrogens with zero attached hydrogens (tertiary/aromatic N) is 1. The number of nitriles is 1. The van der Waals surface area contributed by atoms with Gasteiger partial charge in [-0.1, -0.05) is 0 Å². The first-order valence-electron chi connectivity index (χ1n) is 4.05. The highest BCUT2D eigenvalue weighted by molar-refractivity contribution is 6.21. The third-order valence-electron chi connectivity index (χ3n) is 2.40. The second-order valence-electron chi connectivity index (χ2n) is 3.30. The third-order valence-corrected chi connectivity index (χ3v) is 2.88. The SMILES string of the molecule is N#C[C@@H]1CC[C@H](C(F)(F)F)C[C@@H]1Cl. The van der Waals surface area contributed by atoms with Crippen molar-refractivity contribution in [3.8, 4) is 6.07 Å². The van der Waals surface area contributed by atoms with Gasteiger partial charge < -0.3 is 0 Å². The van der Waals surface area contributed by atoms with Gasteiger partial charge in [0.05, 0.1) is 17.9 Å². The highest BCUT2D eigenvalue weighted by Crippen LogP contribution is 2.41. The Morgan fingerprint density at radius 3 is 2.31 bits per heavy atom. The van der Waals surface area contributed by atoms with Crippen molar-refractivity contribution in [2.75, 3.05) is 0 Å². The largest absolute Gasteiger partial charge is 0.391 e. The highest BCUT2D eigenvalue weighted by Gasteiger charge is 2.44. The van der Waals surface area contributed by atoms with E-state index in [0.717, 1.165) is 0 Å². The number of alkyl halides is 4. The summed E-state index contributed by atoms with van der Waals surface area (Å²) in [5, 5.41) is 7.89. The first-order chi connectivity index (χ1) is 5.95. The number of hydrogen-bond acceptors (Lipinski definition) is 1.